The average molecular weight is 399 g/mol. The van der Waals surface area contributed by atoms with Crippen LogP contribution in [0.3, 0.4) is 0 Å². The van der Waals surface area contributed by atoms with Crippen molar-refractivity contribution in [2.24, 2.45) is 4.99 Å². The number of aliphatic imine (C=N–C) groups is 1. The molecular weight excluding hydrogens is 383 g/mol. The number of benzene rings is 2. The molecule has 0 radical (unpaired) electrons. The molecule has 0 fully saturated rings. The van der Waals surface area contributed by atoms with Crippen molar-refractivity contribution in [1.29, 1.82) is 0 Å². The first-order valence-corrected chi connectivity index (χ1v) is 9.11. The summed E-state index contributed by atoms with van der Waals surface area (Å²) in [5.74, 6) is 2.01. The van der Waals surface area contributed by atoms with Crippen LogP contribution in [0.5, 0.6) is 0 Å². The predicted octanol–water partition coefficient (Wildman–Crippen LogP) is 4.98. The van der Waals surface area contributed by atoms with Crippen molar-refractivity contribution in [3.63, 3.8) is 0 Å². The lowest BCUT2D eigenvalue weighted by molar-refractivity contribution is 0.193. The second-order valence-corrected chi connectivity index (χ2v) is 7.01. The highest BCUT2D eigenvalue weighted by Crippen LogP contribution is 2.30. The third-order valence-corrected chi connectivity index (χ3v) is 4.77. The highest BCUT2D eigenvalue weighted by Gasteiger charge is 2.24. The molecule has 2 heterocycles. The van der Waals surface area contributed by atoms with Gasteiger partial charge in [0, 0.05) is 21.2 Å². The minimum absolute atomic E-state index is 0.270. The van der Waals surface area contributed by atoms with E-state index < -0.39 is 0 Å². The van der Waals surface area contributed by atoms with Crippen LogP contribution in [-0.4, -0.2) is 20.5 Å². The van der Waals surface area contributed by atoms with Crippen LogP contribution in [-0.2, 0) is 17.9 Å². The maximum absolute atomic E-state index is 6.44. The molecule has 1 aliphatic rings. The Balaban J connectivity index is 1.90. The summed E-state index contributed by atoms with van der Waals surface area (Å²) in [5.41, 5.74) is 3.37. The number of hydrogen-bond donors (Lipinski definition) is 0. The Morgan fingerprint density at radius 2 is 1.96 bits per heavy atom. The van der Waals surface area contributed by atoms with Gasteiger partial charge in [0.25, 0.3) is 0 Å². The fourth-order valence-electron chi connectivity index (χ4n) is 3.03. The molecule has 27 heavy (non-hydrogen) atoms. The van der Waals surface area contributed by atoms with Crippen molar-refractivity contribution in [1.82, 2.24) is 14.8 Å². The average Bonchev–Trinajstić information content (AvgIpc) is 2.97. The Morgan fingerprint density at radius 3 is 2.74 bits per heavy atom. The van der Waals surface area contributed by atoms with Crippen LogP contribution in [0.15, 0.2) is 59.8 Å². The number of hydrogen-bond acceptors (Lipinski definition) is 4. The number of aromatic nitrogens is 3. The highest BCUT2D eigenvalue weighted by atomic mass is 35.5. The molecule has 2 aromatic carbocycles. The maximum atomic E-state index is 6.44. The molecule has 0 unspecified atom stereocenters. The monoisotopic (exact) mass is 398 g/mol. The molecule has 136 valence electrons. The van der Waals surface area contributed by atoms with Gasteiger partial charge in [-0.25, -0.2) is 0 Å². The summed E-state index contributed by atoms with van der Waals surface area (Å²) in [6.07, 6.45) is 0. The smallest absolute Gasteiger partial charge is 0.175 e. The number of nitrogens with zero attached hydrogens (tertiary/aromatic N) is 4. The van der Waals surface area contributed by atoms with Gasteiger partial charge in [-0.15, -0.1) is 10.2 Å². The van der Waals surface area contributed by atoms with Gasteiger partial charge >= 0.3 is 0 Å². The molecule has 0 saturated carbocycles. The van der Waals surface area contributed by atoms with Crippen LogP contribution in [0.4, 0.5) is 0 Å². The summed E-state index contributed by atoms with van der Waals surface area (Å²) in [4.78, 5) is 4.78. The quantitative estimate of drug-likeness (QED) is 0.582. The predicted molar refractivity (Wildman–Crippen MR) is 107 cm³/mol. The fraction of sp³-hybridized carbons (Fsp3) is 0.150. The molecule has 0 amide bonds. The van der Waals surface area contributed by atoms with E-state index in [2.05, 4.69) is 16.8 Å². The van der Waals surface area contributed by atoms with E-state index in [-0.39, 0.29) is 6.61 Å². The Morgan fingerprint density at radius 1 is 1.15 bits per heavy atom. The third kappa shape index (κ3) is 3.36. The van der Waals surface area contributed by atoms with Gasteiger partial charge in [0.05, 0.1) is 17.2 Å². The van der Waals surface area contributed by atoms with E-state index in [1.807, 2.05) is 47.0 Å². The number of fused-ring (bicyclic) bond motifs is 3. The van der Waals surface area contributed by atoms with Crippen LogP contribution < -0.4 is 0 Å². The minimum Gasteiger partial charge on any atom is -0.491 e. The molecule has 0 N–H and O–H groups in total. The Labute approximate surface area is 166 Å². The molecule has 0 saturated heterocycles. The topological polar surface area (TPSA) is 52.3 Å². The lowest BCUT2D eigenvalue weighted by Gasteiger charge is -2.15. The summed E-state index contributed by atoms with van der Waals surface area (Å²) in [6.45, 7) is 6.20. The number of halogens is 2. The first kappa shape index (κ1) is 17.8. The zero-order valence-electron chi connectivity index (χ0n) is 14.6. The maximum Gasteiger partial charge on any atom is 0.175 e. The van der Waals surface area contributed by atoms with Gasteiger partial charge in [-0.3, -0.25) is 9.56 Å². The molecule has 0 atom stereocenters. The van der Waals surface area contributed by atoms with Crippen LogP contribution in [0.25, 0.3) is 5.69 Å². The molecule has 1 aromatic heterocycles. The molecule has 5 nitrogen and oxygen atoms in total. The van der Waals surface area contributed by atoms with E-state index in [1.54, 1.807) is 6.92 Å². The molecule has 4 rings (SSSR count). The molecule has 0 spiro atoms. The number of ether oxygens (including phenoxy) is 1. The van der Waals surface area contributed by atoms with Gasteiger partial charge < -0.3 is 4.74 Å². The van der Waals surface area contributed by atoms with Crippen molar-refractivity contribution in [2.75, 3.05) is 0 Å². The Hall–Kier alpha value is -2.63. The van der Waals surface area contributed by atoms with E-state index in [4.69, 9.17) is 32.9 Å². The first-order valence-electron chi connectivity index (χ1n) is 8.35. The van der Waals surface area contributed by atoms with Crippen LogP contribution >= 0.6 is 23.2 Å². The van der Waals surface area contributed by atoms with Gasteiger partial charge in [0.2, 0.25) is 0 Å². The highest BCUT2D eigenvalue weighted by molar-refractivity contribution is 6.36. The van der Waals surface area contributed by atoms with Crippen molar-refractivity contribution in [3.8, 4) is 5.69 Å². The minimum atomic E-state index is 0.270. The largest absolute Gasteiger partial charge is 0.491 e. The molecule has 1 aliphatic heterocycles. The zero-order valence-corrected chi connectivity index (χ0v) is 16.1. The summed E-state index contributed by atoms with van der Waals surface area (Å²) >= 11 is 12.7. The lowest BCUT2D eigenvalue weighted by atomic mass is 10.0. The van der Waals surface area contributed by atoms with E-state index in [0.29, 0.717) is 28.2 Å². The normalized spacial score (nSPS) is 12.6. The van der Waals surface area contributed by atoms with Gasteiger partial charge in [-0.1, -0.05) is 48.0 Å². The number of rotatable bonds is 4. The Bertz CT molecular complexity index is 1070. The van der Waals surface area contributed by atoms with Crippen LogP contribution in [0.1, 0.15) is 29.7 Å². The van der Waals surface area contributed by atoms with Crippen LogP contribution in [0.2, 0.25) is 10.0 Å². The summed E-state index contributed by atoms with van der Waals surface area (Å²) in [7, 11) is 0. The van der Waals surface area contributed by atoms with Gasteiger partial charge in [0.1, 0.15) is 13.2 Å². The van der Waals surface area contributed by atoms with E-state index >= 15 is 0 Å². The molecule has 0 bridgehead atoms. The summed E-state index contributed by atoms with van der Waals surface area (Å²) < 4.78 is 7.52. The lowest BCUT2D eigenvalue weighted by Crippen LogP contribution is -2.10. The standard InChI is InChI=1S/C20H16Cl2N4O/c1-12(2)27-11-19-25-24-18-10-23-20(14-5-3-4-6-16(14)22)15-9-13(21)7-8-17(15)26(18)19/h3-9H,1,10-11H2,2H3. The van der Waals surface area contributed by atoms with E-state index in [0.717, 1.165) is 28.4 Å². The fourth-order valence-corrected chi connectivity index (χ4v) is 3.42. The molecule has 3 aromatic rings. The molecular formula is C20H16Cl2N4O. The SMILES string of the molecule is C=C(C)OCc1nnc2n1-c1ccc(Cl)cc1C(c1ccccc1Cl)=NC2. The first-order chi connectivity index (χ1) is 13.0. The Kier molecular flexibility index (Phi) is 4.72. The number of allylic oxidation sites excluding steroid dienone is 1. The molecule has 7 heteroatoms. The van der Waals surface area contributed by atoms with Gasteiger partial charge in [-0.05, 0) is 31.2 Å². The van der Waals surface area contributed by atoms with Gasteiger partial charge in [0.15, 0.2) is 11.6 Å². The molecule has 0 aliphatic carbocycles. The van der Waals surface area contributed by atoms with E-state index in [1.165, 1.54) is 0 Å². The second kappa shape index (κ2) is 7.18. The van der Waals surface area contributed by atoms with Crippen molar-refractivity contribution < 1.29 is 4.74 Å². The summed E-state index contributed by atoms with van der Waals surface area (Å²) in [5, 5.41) is 9.81. The van der Waals surface area contributed by atoms with Gasteiger partial charge in [-0.2, -0.15) is 0 Å². The second-order valence-electron chi connectivity index (χ2n) is 6.16. The summed E-state index contributed by atoms with van der Waals surface area (Å²) in [6, 6.07) is 13.3. The van der Waals surface area contributed by atoms with Crippen molar-refractivity contribution in [2.45, 2.75) is 20.1 Å². The van der Waals surface area contributed by atoms with Crippen molar-refractivity contribution in [3.05, 3.63) is 87.6 Å². The van der Waals surface area contributed by atoms with Crippen LogP contribution in [0, 0.1) is 0 Å². The van der Waals surface area contributed by atoms with Crippen molar-refractivity contribution >= 4 is 28.9 Å². The van der Waals surface area contributed by atoms with E-state index in [9.17, 15) is 0 Å². The third-order valence-electron chi connectivity index (χ3n) is 4.21. The zero-order chi connectivity index (χ0) is 19.0.